The summed E-state index contributed by atoms with van der Waals surface area (Å²) in [6, 6.07) is 7.59. The van der Waals surface area contributed by atoms with E-state index in [0.29, 0.717) is 6.54 Å². The van der Waals surface area contributed by atoms with E-state index in [1.165, 1.54) is 6.08 Å². The third-order valence-electron chi connectivity index (χ3n) is 2.40. The molecule has 5 nitrogen and oxygen atoms in total. The Labute approximate surface area is 114 Å². The van der Waals surface area contributed by atoms with Crippen molar-refractivity contribution in [1.82, 2.24) is 10.5 Å². The van der Waals surface area contributed by atoms with E-state index < -0.39 is 5.91 Å². The summed E-state index contributed by atoms with van der Waals surface area (Å²) in [7, 11) is 0. The summed E-state index contributed by atoms with van der Waals surface area (Å²) < 4.78 is 0. The van der Waals surface area contributed by atoms with E-state index in [9.17, 15) is 4.79 Å². The first-order valence-corrected chi connectivity index (χ1v) is 6.51. The molecule has 19 heavy (non-hydrogen) atoms. The summed E-state index contributed by atoms with van der Waals surface area (Å²) in [5.41, 5.74) is 3.32. The van der Waals surface area contributed by atoms with Crippen molar-refractivity contribution in [3.8, 4) is 0 Å². The Hall–Kier alpha value is -2.18. The SMILES string of the molecule is O=C(/C=C/c1ccccc1NCc1nccs1)NO. The number of aromatic nitrogens is 1. The Morgan fingerprint density at radius 3 is 3.00 bits per heavy atom. The predicted molar refractivity (Wildman–Crippen MR) is 74.8 cm³/mol. The van der Waals surface area contributed by atoms with Gasteiger partial charge >= 0.3 is 0 Å². The van der Waals surface area contributed by atoms with Gasteiger partial charge in [-0.15, -0.1) is 11.3 Å². The minimum absolute atomic E-state index is 0.560. The van der Waals surface area contributed by atoms with Gasteiger partial charge in [0.1, 0.15) is 5.01 Å². The molecule has 0 aliphatic rings. The molecular weight excluding hydrogens is 262 g/mol. The van der Waals surface area contributed by atoms with Gasteiger partial charge < -0.3 is 5.32 Å². The van der Waals surface area contributed by atoms with Gasteiger partial charge in [-0.2, -0.15) is 0 Å². The quantitative estimate of drug-likeness (QED) is 0.444. The summed E-state index contributed by atoms with van der Waals surface area (Å²) in [6.07, 6.45) is 4.67. The highest BCUT2D eigenvalue weighted by Crippen LogP contribution is 2.18. The minimum atomic E-state index is -0.560. The Bertz CT molecular complexity index is 567. The number of hydrogen-bond donors (Lipinski definition) is 3. The number of anilines is 1. The first-order chi connectivity index (χ1) is 9.29. The van der Waals surface area contributed by atoms with Crippen molar-refractivity contribution in [3.63, 3.8) is 0 Å². The Morgan fingerprint density at radius 1 is 1.42 bits per heavy atom. The molecule has 2 aromatic rings. The van der Waals surface area contributed by atoms with Gasteiger partial charge in [-0.05, 0) is 17.7 Å². The fraction of sp³-hybridized carbons (Fsp3) is 0.0769. The second kappa shape index (κ2) is 6.67. The van der Waals surface area contributed by atoms with Crippen LogP contribution in [0, 0.1) is 0 Å². The fourth-order valence-corrected chi connectivity index (χ4v) is 2.07. The van der Waals surface area contributed by atoms with Crippen molar-refractivity contribution in [2.45, 2.75) is 6.54 Å². The number of hydroxylamine groups is 1. The number of benzene rings is 1. The van der Waals surface area contributed by atoms with E-state index in [0.717, 1.165) is 16.3 Å². The Kier molecular flexibility index (Phi) is 4.66. The van der Waals surface area contributed by atoms with Crippen molar-refractivity contribution in [2.75, 3.05) is 5.32 Å². The number of para-hydroxylation sites is 1. The smallest absolute Gasteiger partial charge is 0.267 e. The van der Waals surface area contributed by atoms with Crippen LogP contribution in [-0.2, 0) is 11.3 Å². The van der Waals surface area contributed by atoms with Crippen molar-refractivity contribution in [2.24, 2.45) is 0 Å². The fourth-order valence-electron chi connectivity index (χ4n) is 1.52. The molecule has 0 radical (unpaired) electrons. The molecule has 0 bridgehead atoms. The van der Waals surface area contributed by atoms with E-state index in [1.54, 1.807) is 29.1 Å². The lowest BCUT2D eigenvalue weighted by Crippen LogP contribution is -2.14. The number of carbonyl (C=O) groups excluding carboxylic acids is 1. The summed E-state index contributed by atoms with van der Waals surface area (Å²) in [6.45, 7) is 0.634. The highest BCUT2D eigenvalue weighted by Gasteiger charge is 2.00. The van der Waals surface area contributed by atoms with Crippen LogP contribution in [0.3, 0.4) is 0 Å². The van der Waals surface area contributed by atoms with Gasteiger partial charge in [-0.3, -0.25) is 10.0 Å². The topological polar surface area (TPSA) is 74.2 Å². The lowest BCUT2D eigenvalue weighted by Gasteiger charge is -2.07. The molecule has 0 fully saturated rings. The first-order valence-electron chi connectivity index (χ1n) is 5.63. The molecule has 1 heterocycles. The second-order valence-corrected chi connectivity index (χ2v) is 4.66. The monoisotopic (exact) mass is 275 g/mol. The standard InChI is InChI=1S/C13H13N3O2S/c17-12(16-18)6-5-10-3-1-2-4-11(10)15-9-13-14-7-8-19-13/h1-8,15,18H,9H2,(H,16,17)/b6-5+. The summed E-state index contributed by atoms with van der Waals surface area (Å²) >= 11 is 1.58. The maximum atomic E-state index is 11.0. The van der Waals surface area contributed by atoms with Gasteiger partial charge in [0.25, 0.3) is 5.91 Å². The van der Waals surface area contributed by atoms with Crippen molar-refractivity contribution in [1.29, 1.82) is 0 Å². The molecule has 3 N–H and O–H groups in total. The highest BCUT2D eigenvalue weighted by molar-refractivity contribution is 7.09. The molecule has 0 aliphatic heterocycles. The minimum Gasteiger partial charge on any atom is -0.378 e. The number of thiazole rings is 1. The molecular formula is C13H13N3O2S. The van der Waals surface area contributed by atoms with E-state index in [1.807, 2.05) is 29.6 Å². The molecule has 6 heteroatoms. The zero-order chi connectivity index (χ0) is 13.5. The van der Waals surface area contributed by atoms with Crippen LogP contribution in [0.4, 0.5) is 5.69 Å². The van der Waals surface area contributed by atoms with Crippen molar-refractivity contribution in [3.05, 3.63) is 52.5 Å². The largest absolute Gasteiger partial charge is 0.378 e. The lowest BCUT2D eigenvalue weighted by atomic mass is 10.1. The van der Waals surface area contributed by atoms with Crippen molar-refractivity contribution < 1.29 is 10.0 Å². The van der Waals surface area contributed by atoms with Crippen LogP contribution in [0.25, 0.3) is 6.08 Å². The number of hydrogen-bond acceptors (Lipinski definition) is 5. The number of nitrogens with one attached hydrogen (secondary N) is 2. The molecule has 0 spiro atoms. The summed E-state index contributed by atoms with van der Waals surface area (Å²) in [5.74, 6) is -0.560. The first kappa shape index (κ1) is 13.3. The average molecular weight is 275 g/mol. The van der Waals surface area contributed by atoms with Crippen molar-refractivity contribution >= 4 is 29.0 Å². The molecule has 2 rings (SSSR count). The number of amides is 1. The number of rotatable bonds is 5. The van der Waals surface area contributed by atoms with Gasteiger partial charge in [-0.1, -0.05) is 18.2 Å². The van der Waals surface area contributed by atoms with Crippen LogP contribution in [0.15, 0.2) is 41.9 Å². The van der Waals surface area contributed by atoms with Crippen LogP contribution in [0.5, 0.6) is 0 Å². The zero-order valence-corrected chi connectivity index (χ0v) is 10.9. The molecule has 1 amide bonds. The third-order valence-corrected chi connectivity index (χ3v) is 3.18. The molecule has 0 saturated heterocycles. The van der Waals surface area contributed by atoms with Gasteiger partial charge in [0.05, 0.1) is 6.54 Å². The van der Waals surface area contributed by atoms with E-state index >= 15 is 0 Å². The predicted octanol–water partition coefficient (Wildman–Crippen LogP) is 2.27. The third kappa shape index (κ3) is 3.90. The number of carbonyl (C=O) groups is 1. The molecule has 0 atom stereocenters. The average Bonchev–Trinajstić information content (AvgIpc) is 2.96. The summed E-state index contributed by atoms with van der Waals surface area (Å²) in [4.78, 5) is 15.2. The van der Waals surface area contributed by atoms with Gasteiger partial charge in [-0.25, -0.2) is 10.5 Å². The molecule has 0 unspecified atom stereocenters. The lowest BCUT2D eigenvalue weighted by molar-refractivity contribution is -0.124. The number of nitrogens with zero attached hydrogens (tertiary/aromatic N) is 1. The maximum absolute atomic E-state index is 11.0. The maximum Gasteiger partial charge on any atom is 0.267 e. The molecule has 0 aliphatic carbocycles. The van der Waals surface area contributed by atoms with E-state index in [-0.39, 0.29) is 0 Å². The second-order valence-electron chi connectivity index (χ2n) is 3.68. The van der Waals surface area contributed by atoms with Crippen LogP contribution in [0.2, 0.25) is 0 Å². The highest BCUT2D eigenvalue weighted by atomic mass is 32.1. The van der Waals surface area contributed by atoms with Gasteiger partial charge in [0, 0.05) is 23.3 Å². The Balaban J connectivity index is 2.07. The van der Waals surface area contributed by atoms with Crippen LogP contribution >= 0.6 is 11.3 Å². The molecule has 1 aromatic heterocycles. The molecule has 1 aromatic carbocycles. The molecule has 98 valence electrons. The van der Waals surface area contributed by atoms with E-state index in [4.69, 9.17) is 5.21 Å². The Morgan fingerprint density at radius 2 is 2.26 bits per heavy atom. The normalized spacial score (nSPS) is 10.6. The van der Waals surface area contributed by atoms with Gasteiger partial charge in [0.2, 0.25) is 0 Å². The van der Waals surface area contributed by atoms with E-state index in [2.05, 4.69) is 10.3 Å². The van der Waals surface area contributed by atoms with Crippen LogP contribution < -0.4 is 10.8 Å². The summed E-state index contributed by atoms with van der Waals surface area (Å²) in [5, 5.41) is 14.6. The van der Waals surface area contributed by atoms with Crippen LogP contribution in [0.1, 0.15) is 10.6 Å². The molecule has 0 saturated carbocycles. The van der Waals surface area contributed by atoms with Crippen LogP contribution in [-0.4, -0.2) is 16.1 Å². The van der Waals surface area contributed by atoms with Gasteiger partial charge in [0.15, 0.2) is 0 Å². The zero-order valence-electron chi connectivity index (χ0n) is 10.0.